The number of piperazine rings is 1. The van der Waals surface area contributed by atoms with Crippen LogP contribution in [0.3, 0.4) is 0 Å². The van der Waals surface area contributed by atoms with Crippen molar-refractivity contribution in [2.24, 2.45) is 0 Å². The quantitative estimate of drug-likeness (QED) is 0.831. The Hall–Kier alpha value is -0.940. The Morgan fingerprint density at radius 3 is 2.29 bits per heavy atom. The summed E-state index contributed by atoms with van der Waals surface area (Å²) in [5.41, 5.74) is 1.00. The first-order chi connectivity index (χ1) is 10.1. The average molecular weight is 292 g/mol. The van der Waals surface area contributed by atoms with Crippen molar-refractivity contribution in [1.82, 2.24) is 9.80 Å². The van der Waals surface area contributed by atoms with Crippen LogP contribution in [0.25, 0.3) is 0 Å². The van der Waals surface area contributed by atoms with Gasteiger partial charge < -0.3 is 9.84 Å². The summed E-state index contributed by atoms with van der Waals surface area (Å²) >= 11 is 0. The minimum absolute atomic E-state index is 0.312. The first kappa shape index (κ1) is 16.4. The van der Waals surface area contributed by atoms with Gasteiger partial charge in [-0.05, 0) is 19.4 Å². The van der Waals surface area contributed by atoms with Crippen LogP contribution < -0.4 is 0 Å². The van der Waals surface area contributed by atoms with Crippen LogP contribution in [0.5, 0.6) is 0 Å². The lowest BCUT2D eigenvalue weighted by atomic mass is 10.1. The molecule has 2 rings (SSSR count). The van der Waals surface area contributed by atoms with Gasteiger partial charge in [0.05, 0.1) is 18.8 Å². The third-order valence-corrected chi connectivity index (χ3v) is 3.94. The number of β-amino-alcohol motifs (C(OH)–C–C–N with tert-alkyl or cyclic N) is 1. The van der Waals surface area contributed by atoms with Crippen molar-refractivity contribution in [2.75, 3.05) is 45.9 Å². The van der Waals surface area contributed by atoms with Crippen LogP contribution in [0, 0.1) is 0 Å². The predicted molar refractivity (Wildman–Crippen MR) is 85.4 cm³/mol. The first-order valence-corrected chi connectivity index (χ1v) is 7.94. The number of nitrogens with zero attached hydrogens (tertiary/aromatic N) is 2. The summed E-state index contributed by atoms with van der Waals surface area (Å²) in [6, 6.07) is 9.92. The molecule has 0 spiro atoms. The Kier molecular flexibility index (Phi) is 6.64. The number of hydrogen-bond donors (Lipinski definition) is 1. The number of hydrogen-bond acceptors (Lipinski definition) is 4. The maximum Gasteiger partial charge on any atom is 0.0916 e. The zero-order valence-electron chi connectivity index (χ0n) is 13.2. The molecule has 118 valence electrons. The fourth-order valence-corrected chi connectivity index (χ4v) is 2.64. The molecule has 1 fully saturated rings. The maximum atomic E-state index is 10.3. The Morgan fingerprint density at radius 2 is 1.67 bits per heavy atom. The lowest BCUT2D eigenvalue weighted by molar-refractivity contribution is 0.0347. The third-order valence-electron chi connectivity index (χ3n) is 3.94. The SMILES string of the molecule is CC(C)OCCN1CCN(CC(O)c2ccccc2)CC1. The minimum atomic E-state index is -0.387. The molecule has 1 saturated heterocycles. The second kappa shape index (κ2) is 8.49. The van der Waals surface area contributed by atoms with E-state index < -0.39 is 0 Å². The highest BCUT2D eigenvalue weighted by molar-refractivity contribution is 5.17. The van der Waals surface area contributed by atoms with E-state index in [1.165, 1.54) is 0 Å². The summed E-state index contributed by atoms with van der Waals surface area (Å²) in [4.78, 5) is 4.78. The number of benzene rings is 1. The highest BCUT2D eigenvalue weighted by Crippen LogP contribution is 2.14. The van der Waals surface area contributed by atoms with Crippen molar-refractivity contribution in [3.8, 4) is 0 Å². The van der Waals surface area contributed by atoms with Gasteiger partial charge in [0, 0.05) is 39.3 Å². The predicted octanol–water partition coefficient (Wildman–Crippen LogP) is 1.76. The van der Waals surface area contributed by atoms with Gasteiger partial charge in [-0.15, -0.1) is 0 Å². The van der Waals surface area contributed by atoms with Crippen LogP contribution in [0.2, 0.25) is 0 Å². The van der Waals surface area contributed by atoms with E-state index in [1.807, 2.05) is 30.3 Å². The standard InChI is InChI=1S/C17H28N2O2/c1-15(2)21-13-12-18-8-10-19(11-9-18)14-17(20)16-6-4-3-5-7-16/h3-7,15,17,20H,8-14H2,1-2H3. The molecule has 1 atom stereocenters. The summed E-state index contributed by atoms with van der Waals surface area (Å²) in [5.74, 6) is 0. The van der Waals surface area contributed by atoms with Crippen LogP contribution in [0.1, 0.15) is 25.5 Å². The highest BCUT2D eigenvalue weighted by Gasteiger charge is 2.19. The second-order valence-electron chi connectivity index (χ2n) is 5.99. The number of aliphatic hydroxyl groups excluding tert-OH is 1. The summed E-state index contributed by atoms with van der Waals surface area (Å²) in [6.45, 7) is 10.8. The van der Waals surface area contributed by atoms with Crippen molar-refractivity contribution in [2.45, 2.75) is 26.1 Å². The van der Waals surface area contributed by atoms with E-state index in [2.05, 4.69) is 23.6 Å². The van der Waals surface area contributed by atoms with E-state index in [-0.39, 0.29) is 6.10 Å². The van der Waals surface area contributed by atoms with Gasteiger partial charge in [-0.3, -0.25) is 9.80 Å². The summed E-state index contributed by atoms with van der Waals surface area (Å²) in [5, 5.41) is 10.3. The fraction of sp³-hybridized carbons (Fsp3) is 0.647. The molecule has 1 heterocycles. The molecule has 21 heavy (non-hydrogen) atoms. The smallest absolute Gasteiger partial charge is 0.0916 e. The number of rotatable bonds is 7. The molecule has 1 aromatic carbocycles. The Bertz CT molecular complexity index is 389. The van der Waals surface area contributed by atoms with E-state index in [9.17, 15) is 5.11 Å². The molecular formula is C17H28N2O2. The molecule has 0 aliphatic carbocycles. The summed E-state index contributed by atoms with van der Waals surface area (Å²) < 4.78 is 5.60. The van der Waals surface area contributed by atoms with Crippen LogP contribution in [0.15, 0.2) is 30.3 Å². The molecular weight excluding hydrogens is 264 g/mol. The Morgan fingerprint density at radius 1 is 1.05 bits per heavy atom. The van der Waals surface area contributed by atoms with Crippen LogP contribution >= 0.6 is 0 Å². The molecule has 0 aromatic heterocycles. The molecule has 4 heteroatoms. The third kappa shape index (κ3) is 5.75. The average Bonchev–Trinajstić information content (AvgIpc) is 2.49. The maximum absolute atomic E-state index is 10.3. The van der Waals surface area contributed by atoms with Crippen molar-refractivity contribution in [3.63, 3.8) is 0 Å². The van der Waals surface area contributed by atoms with Gasteiger partial charge in [-0.25, -0.2) is 0 Å². The number of ether oxygens (including phenoxy) is 1. The molecule has 1 N–H and O–H groups in total. The minimum Gasteiger partial charge on any atom is -0.387 e. The Balaban J connectivity index is 1.67. The van der Waals surface area contributed by atoms with E-state index in [4.69, 9.17) is 4.74 Å². The van der Waals surface area contributed by atoms with Gasteiger partial charge in [0.1, 0.15) is 0 Å². The van der Waals surface area contributed by atoms with E-state index in [1.54, 1.807) is 0 Å². The lowest BCUT2D eigenvalue weighted by Crippen LogP contribution is -2.48. The first-order valence-electron chi connectivity index (χ1n) is 7.94. The van der Waals surface area contributed by atoms with Gasteiger partial charge >= 0.3 is 0 Å². The van der Waals surface area contributed by atoms with E-state index in [0.717, 1.165) is 51.4 Å². The molecule has 1 aliphatic rings. The highest BCUT2D eigenvalue weighted by atomic mass is 16.5. The monoisotopic (exact) mass is 292 g/mol. The molecule has 0 bridgehead atoms. The van der Waals surface area contributed by atoms with Crippen LogP contribution in [-0.2, 0) is 4.74 Å². The van der Waals surface area contributed by atoms with Crippen LogP contribution in [0.4, 0.5) is 0 Å². The topological polar surface area (TPSA) is 35.9 Å². The van der Waals surface area contributed by atoms with E-state index >= 15 is 0 Å². The van der Waals surface area contributed by atoms with Gasteiger partial charge in [0.2, 0.25) is 0 Å². The Labute approximate surface area is 128 Å². The van der Waals surface area contributed by atoms with Gasteiger partial charge in [0.15, 0.2) is 0 Å². The summed E-state index contributed by atoms with van der Waals surface area (Å²) in [6.07, 6.45) is -0.0747. The molecule has 4 nitrogen and oxygen atoms in total. The van der Waals surface area contributed by atoms with Crippen molar-refractivity contribution in [3.05, 3.63) is 35.9 Å². The lowest BCUT2D eigenvalue weighted by Gasteiger charge is -2.35. The largest absolute Gasteiger partial charge is 0.387 e. The van der Waals surface area contributed by atoms with Crippen molar-refractivity contribution in [1.29, 1.82) is 0 Å². The zero-order chi connectivity index (χ0) is 15.1. The summed E-state index contributed by atoms with van der Waals surface area (Å²) in [7, 11) is 0. The fourth-order valence-electron chi connectivity index (χ4n) is 2.64. The molecule has 0 saturated carbocycles. The molecule has 1 unspecified atom stereocenters. The van der Waals surface area contributed by atoms with Gasteiger partial charge in [-0.2, -0.15) is 0 Å². The second-order valence-corrected chi connectivity index (χ2v) is 5.99. The van der Waals surface area contributed by atoms with Crippen molar-refractivity contribution < 1.29 is 9.84 Å². The zero-order valence-corrected chi connectivity index (χ0v) is 13.2. The number of aliphatic hydroxyl groups is 1. The molecule has 0 radical (unpaired) electrons. The van der Waals surface area contributed by atoms with Gasteiger partial charge in [0.25, 0.3) is 0 Å². The van der Waals surface area contributed by atoms with Crippen molar-refractivity contribution >= 4 is 0 Å². The van der Waals surface area contributed by atoms with Crippen LogP contribution in [-0.4, -0.2) is 66.9 Å². The molecule has 1 aliphatic heterocycles. The van der Waals surface area contributed by atoms with Gasteiger partial charge in [-0.1, -0.05) is 30.3 Å². The molecule has 0 amide bonds. The van der Waals surface area contributed by atoms with E-state index in [0.29, 0.717) is 6.10 Å². The normalized spacial score (nSPS) is 19.0. The molecule has 1 aromatic rings.